The Balaban J connectivity index is 1.48. The SMILES string of the molecule is CC1O[C@H](OC[C@@H]2OC(Oc3c(-c4ccc(O)c(O)c4)oc4cc(O)cc(O)c4c3=O)[C@@H](O)[C@@H](O)C2O)[C@H](O)C(O)[C@@H]1O. The van der Waals surface area contributed by atoms with Crippen LogP contribution in [0, 0.1) is 0 Å². The van der Waals surface area contributed by atoms with Gasteiger partial charge in [-0.15, -0.1) is 0 Å². The van der Waals surface area contributed by atoms with E-state index >= 15 is 0 Å². The van der Waals surface area contributed by atoms with E-state index in [4.69, 9.17) is 23.4 Å². The van der Waals surface area contributed by atoms with Gasteiger partial charge in [-0.3, -0.25) is 4.79 Å². The Morgan fingerprint density at radius 1 is 0.744 bits per heavy atom. The molecular weight excluding hydrogens is 580 g/mol. The largest absolute Gasteiger partial charge is 0.508 e. The summed E-state index contributed by atoms with van der Waals surface area (Å²) in [7, 11) is 0. The molecule has 0 radical (unpaired) electrons. The number of phenols is 4. The molecule has 0 aliphatic carbocycles. The molecule has 3 aromatic rings. The fourth-order valence-electron chi connectivity index (χ4n) is 4.84. The Bertz CT molecular complexity index is 1540. The van der Waals surface area contributed by atoms with Gasteiger partial charge in [0.1, 0.15) is 65.2 Å². The summed E-state index contributed by atoms with van der Waals surface area (Å²) in [5.41, 5.74) is -1.35. The van der Waals surface area contributed by atoms with Crippen molar-refractivity contribution in [1.29, 1.82) is 0 Å². The predicted molar refractivity (Wildman–Crippen MR) is 140 cm³/mol. The molecule has 4 unspecified atom stereocenters. The third-order valence-corrected chi connectivity index (χ3v) is 7.29. The van der Waals surface area contributed by atoms with E-state index in [1.165, 1.54) is 13.0 Å². The maximum absolute atomic E-state index is 13.6. The highest BCUT2D eigenvalue weighted by atomic mass is 16.7. The lowest BCUT2D eigenvalue weighted by Crippen LogP contribution is -2.61. The molecule has 3 heterocycles. The Morgan fingerprint density at radius 2 is 1.42 bits per heavy atom. The summed E-state index contributed by atoms with van der Waals surface area (Å²) in [5, 5.41) is 101. The summed E-state index contributed by atoms with van der Waals surface area (Å²) < 4.78 is 27.8. The molecule has 16 nitrogen and oxygen atoms in total. The van der Waals surface area contributed by atoms with E-state index in [2.05, 4.69) is 0 Å². The van der Waals surface area contributed by atoms with Crippen LogP contribution in [-0.4, -0.2) is 119 Å². The smallest absolute Gasteiger partial charge is 0.239 e. The number of aliphatic hydroxyl groups is 6. The van der Waals surface area contributed by atoms with E-state index in [-0.39, 0.29) is 11.1 Å². The number of aliphatic hydroxyl groups excluding tert-OH is 6. The third-order valence-electron chi connectivity index (χ3n) is 7.29. The average Bonchev–Trinajstić information content (AvgIpc) is 2.96. The predicted octanol–water partition coefficient (Wildman–Crippen LogP) is -1.69. The van der Waals surface area contributed by atoms with Crippen LogP contribution < -0.4 is 10.2 Å². The van der Waals surface area contributed by atoms with Crippen LogP contribution in [0.2, 0.25) is 0 Å². The summed E-state index contributed by atoms with van der Waals surface area (Å²) >= 11 is 0. The number of benzene rings is 2. The van der Waals surface area contributed by atoms with Crippen molar-refractivity contribution in [2.75, 3.05) is 6.61 Å². The van der Waals surface area contributed by atoms with E-state index < -0.39 is 113 Å². The van der Waals surface area contributed by atoms with Crippen LogP contribution in [0.3, 0.4) is 0 Å². The molecule has 16 heteroatoms. The van der Waals surface area contributed by atoms with E-state index in [9.17, 15) is 55.9 Å². The van der Waals surface area contributed by atoms with Gasteiger partial charge < -0.3 is 74.4 Å². The van der Waals surface area contributed by atoms with Gasteiger partial charge in [0.25, 0.3) is 0 Å². The van der Waals surface area contributed by atoms with Crippen LogP contribution in [0.1, 0.15) is 6.92 Å². The van der Waals surface area contributed by atoms with Gasteiger partial charge in [-0.1, -0.05) is 0 Å². The van der Waals surface area contributed by atoms with E-state index in [0.29, 0.717) is 0 Å². The lowest BCUT2D eigenvalue weighted by Gasteiger charge is -2.42. The lowest BCUT2D eigenvalue weighted by molar-refractivity contribution is -0.318. The number of rotatable bonds is 6. The second kappa shape index (κ2) is 11.8. The van der Waals surface area contributed by atoms with Crippen LogP contribution in [0.4, 0.5) is 0 Å². The molecule has 43 heavy (non-hydrogen) atoms. The lowest BCUT2D eigenvalue weighted by atomic mass is 9.98. The molecule has 2 saturated heterocycles. The number of hydrogen-bond acceptors (Lipinski definition) is 16. The van der Waals surface area contributed by atoms with Crippen molar-refractivity contribution >= 4 is 11.0 Å². The number of hydrogen-bond donors (Lipinski definition) is 10. The standard InChI is InChI=1S/C27H30O16/c1-8-17(32)20(35)22(37)26(40-8)39-7-15-18(33)21(36)23(38)27(42-15)43-25-19(34)16-13(31)5-10(28)6-14(16)41-24(25)9-2-3-11(29)12(30)4-9/h2-6,8,15,17-18,20-23,26-33,35-38H,7H2,1H3/t8?,15-,17+,18?,20?,21-,22+,23-,26-,27?/m0/s1. The van der Waals surface area contributed by atoms with Gasteiger partial charge in [-0.25, -0.2) is 0 Å². The van der Waals surface area contributed by atoms with Gasteiger partial charge in [0.05, 0.1) is 12.7 Å². The van der Waals surface area contributed by atoms with Crippen molar-refractivity contribution in [3.63, 3.8) is 0 Å². The molecule has 10 N–H and O–H groups in total. The van der Waals surface area contributed by atoms with E-state index in [0.717, 1.165) is 24.3 Å². The molecule has 2 aromatic carbocycles. The third kappa shape index (κ3) is 5.67. The zero-order chi connectivity index (χ0) is 31.3. The monoisotopic (exact) mass is 610 g/mol. The highest BCUT2D eigenvalue weighted by molar-refractivity contribution is 5.88. The minimum absolute atomic E-state index is 0.0313. The topological polar surface area (TPSA) is 269 Å². The summed E-state index contributed by atoms with van der Waals surface area (Å²) in [5.74, 6) is -3.33. The van der Waals surface area contributed by atoms with Gasteiger partial charge >= 0.3 is 0 Å². The molecular formula is C27H30O16. The van der Waals surface area contributed by atoms with Gasteiger partial charge in [-0.2, -0.15) is 0 Å². The quantitative estimate of drug-likeness (QED) is 0.140. The molecule has 2 aliphatic rings. The molecule has 2 fully saturated rings. The minimum Gasteiger partial charge on any atom is -0.508 e. The van der Waals surface area contributed by atoms with Crippen molar-refractivity contribution in [2.45, 2.75) is 68.3 Å². The van der Waals surface area contributed by atoms with Crippen LogP contribution in [0.5, 0.6) is 28.7 Å². The summed E-state index contributed by atoms with van der Waals surface area (Å²) in [6.45, 7) is 0.818. The molecule has 0 amide bonds. The zero-order valence-corrected chi connectivity index (χ0v) is 22.3. The Labute approximate surface area is 241 Å². The Kier molecular flexibility index (Phi) is 8.41. The number of fused-ring (bicyclic) bond motifs is 1. The Morgan fingerprint density at radius 3 is 2.12 bits per heavy atom. The van der Waals surface area contributed by atoms with Gasteiger partial charge in [0.15, 0.2) is 23.5 Å². The van der Waals surface area contributed by atoms with Crippen molar-refractivity contribution in [1.82, 2.24) is 0 Å². The van der Waals surface area contributed by atoms with Crippen molar-refractivity contribution in [3.8, 4) is 40.1 Å². The second-order valence-corrected chi connectivity index (χ2v) is 10.3. The highest BCUT2D eigenvalue weighted by Crippen LogP contribution is 2.39. The van der Waals surface area contributed by atoms with Gasteiger partial charge in [0.2, 0.25) is 17.5 Å². The van der Waals surface area contributed by atoms with Crippen LogP contribution in [0.15, 0.2) is 39.5 Å². The molecule has 5 rings (SSSR count). The maximum atomic E-state index is 13.6. The maximum Gasteiger partial charge on any atom is 0.239 e. The average molecular weight is 611 g/mol. The fourth-order valence-corrected chi connectivity index (χ4v) is 4.84. The first-order valence-electron chi connectivity index (χ1n) is 13.0. The zero-order valence-electron chi connectivity index (χ0n) is 22.3. The molecule has 2 aliphatic heterocycles. The summed E-state index contributed by atoms with van der Waals surface area (Å²) in [4.78, 5) is 13.6. The molecule has 234 valence electrons. The number of phenolic OH excluding ortho intramolecular Hbond substituents is 4. The normalized spacial score (nSPS) is 33.0. The summed E-state index contributed by atoms with van der Waals surface area (Å²) in [6, 6.07) is 5.24. The minimum atomic E-state index is -1.97. The molecule has 10 atom stereocenters. The van der Waals surface area contributed by atoms with Crippen LogP contribution in [0.25, 0.3) is 22.3 Å². The van der Waals surface area contributed by atoms with Crippen LogP contribution in [-0.2, 0) is 14.2 Å². The first kappa shape index (κ1) is 30.7. The molecule has 0 bridgehead atoms. The van der Waals surface area contributed by atoms with E-state index in [1.807, 2.05) is 0 Å². The van der Waals surface area contributed by atoms with Crippen molar-refractivity contribution < 1.29 is 74.4 Å². The molecule has 0 saturated carbocycles. The van der Waals surface area contributed by atoms with Crippen LogP contribution >= 0.6 is 0 Å². The summed E-state index contributed by atoms with van der Waals surface area (Å²) in [6.07, 6.45) is -16.2. The number of ether oxygens (including phenoxy) is 4. The Hall–Kier alpha value is -3.71. The second-order valence-electron chi connectivity index (χ2n) is 10.3. The highest BCUT2D eigenvalue weighted by Gasteiger charge is 2.47. The van der Waals surface area contributed by atoms with E-state index in [1.54, 1.807) is 0 Å². The molecule has 1 aromatic heterocycles. The molecule has 0 spiro atoms. The van der Waals surface area contributed by atoms with Gasteiger partial charge in [0, 0.05) is 17.7 Å². The first-order valence-corrected chi connectivity index (χ1v) is 13.0. The number of aromatic hydroxyl groups is 4. The van der Waals surface area contributed by atoms with Crippen molar-refractivity contribution in [3.05, 3.63) is 40.6 Å². The first-order chi connectivity index (χ1) is 20.3. The van der Waals surface area contributed by atoms with Crippen molar-refractivity contribution in [2.24, 2.45) is 0 Å². The van der Waals surface area contributed by atoms with Gasteiger partial charge in [-0.05, 0) is 25.1 Å². The fraction of sp³-hybridized carbons (Fsp3) is 0.444.